The first-order valence-corrected chi connectivity index (χ1v) is 4.79. The standard InChI is InChI=1S/C9H11F2N3O3/c10-9(11)6-17-4-3-13-7-1-2-12-5-8(7)14(15)16/h1-2,5,9H,3-4,6H2,(H,12,13). The van der Waals surface area contributed by atoms with E-state index in [0.29, 0.717) is 0 Å². The Morgan fingerprint density at radius 3 is 3.00 bits per heavy atom. The van der Waals surface area contributed by atoms with Gasteiger partial charge in [0.2, 0.25) is 0 Å². The molecular weight excluding hydrogens is 236 g/mol. The highest BCUT2D eigenvalue weighted by Gasteiger charge is 2.12. The molecule has 94 valence electrons. The number of nitro groups is 1. The lowest BCUT2D eigenvalue weighted by molar-refractivity contribution is -0.384. The molecule has 0 bridgehead atoms. The van der Waals surface area contributed by atoms with Crippen LogP contribution in [-0.4, -0.2) is 36.1 Å². The van der Waals surface area contributed by atoms with Gasteiger partial charge in [0, 0.05) is 12.7 Å². The second-order valence-corrected chi connectivity index (χ2v) is 3.04. The van der Waals surface area contributed by atoms with Crippen molar-refractivity contribution in [2.75, 3.05) is 25.1 Å². The van der Waals surface area contributed by atoms with Crippen LogP contribution >= 0.6 is 0 Å². The highest BCUT2D eigenvalue weighted by atomic mass is 19.3. The van der Waals surface area contributed by atoms with Crippen LogP contribution in [-0.2, 0) is 4.74 Å². The fourth-order valence-electron chi connectivity index (χ4n) is 1.11. The van der Waals surface area contributed by atoms with Gasteiger partial charge in [-0.25, -0.2) is 8.78 Å². The molecule has 1 aromatic rings. The minimum atomic E-state index is -2.51. The number of hydrogen-bond acceptors (Lipinski definition) is 5. The van der Waals surface area contributed by atoms with Crippen molar-refractivity contribution < 1.29 is 18.4 Å². The minimum Gasteiger partial charge on any atom is -0.377 e. The number of pyridine rings is 1. The second kappa shape index (κ2) is 6.69. The number of alkyl halides is 2. The highest BCUT2D eigenvalue weighted by Crippen LogP contribution is 2.21. The fourth-order valence-corrected chi connectivity index (χ4v) is 1.11. The molecule has 0 spiro atoms. The second-order valence-electron chi connectivity index (χ2n) is 3.04. The van der Waals surface area contributed by atoms with Crippen LogP contribution in [0.1, 0.15) is 0 Å². The molecule has 1 rings (SSSR count). The van der Waals surface area contributed by atoms with E-state index in [4.69, 9.17) is 0 Å². The third-order valence-electron chi connectivity index (χ3n) is 1.80. The lowest BCUT2D eigenvalue weighted by atomic mass is 10.3. The summed E-state index contributed by atoms with van der Waals surface area (Å²) < 4.78 is 28.0. The van der Waals surface area contributed by atoms with Gasteiger partial charge in [-0.15, -0.1) is 0 Å². The number of nitrogens with zero attached hydrogens (tertiary/aromatic N) is 2. The van der Waals surface area contributed by atoms with Gasteiger partial charge in [0.15, 0.2) is 0 Å². The first kappa shape index (κ1) is 13.2. The summed E-state index contributed by atoms with van der Waals surface area (Å²) in [6, 6.07) is 1.44. The molecular formula is C9H11F2N3O3. The van der Waals surface area contributed by atoms with Crippen LogP contribution in [0.15, 0.2) is 18.5 Å². The number of aromatic nitrogens is 1. The monoisotopic (exact) mass is 247 g/mol. The van der Waals surface area contributed by atoms with Crippen LogP contribution in [0.3, 0.4) is 0 Å². The average Bonchev–Trinajstić information content (AvgIpc) is 2.28. The lowest BCUT2D eigenvalue weighted by Crippen LogP contribution is -2.13. The molecule has 0 radical (unpaired) electrons. The maximum Gasteiger partial charge on any atom is 0.310 e. The molecule has 0 saturated carbocycles. The maximum atomic E-state index is 11.7. The summed E-state index contributed by atoms with van der Waals surface area (Å²) in [4.78, 5) is 13.6. The number of hydrogen-bond donors (Lipinski definition) is 1. The van der Waals surface area contributed by atoms with Gasteiger partial charge in [0.25, 0.3) is 6.43 Å². The van der Waals surface area contributed by atoms with E-state index >= 15 is 0 Å². The molecule has 0 aliphatic rings. The van der Waals surface area contributed by atoms with Crippen LogP contribution in [0.5, 0.6) is 0 Å². The molecule has 0 atom stereocenters. The third kappa shape index (κ3) is 4.68. The third-order valence-corrected chi connectivity index (χ3v) is 1.80. The van der Waals surface area contributed by atoms with E-state index in [-0.39, 0.29) is 24.5 Å². The maximum absolute atomic E-state index is 11.7. The smallest absolute Gasteiger partial charge is 0.310 e. The van der Waals surface area contributed by atoms with Gasteiger partial charge < -0.3 is 10.1 Å². The summed E-state index contributed by atoms with van der Waals surface area (Å²) in [5, 5.41) is 13.3. The molecule has 1 aromatic heterocycles. The highest BCUT2D eigenvalue weighted by molar-refractivity contribution is 5.59. The molecule has 0 fully saturated rings. The molecule has 0 amide bonds. The number of rotatable bonds is 7. The van der Waals surface area contributed by atoms with Crippen molar-refractivity contribution in [2.24, 2.45) is 0 Å². The first-order valence-electron chi connectivity index (χ1n) is 4.79. The van der Waals surface area contributed by atoms with Crippen LogP contribution in [0.25, 0.3) is 0 Å². The Morgan fingerprint density at radius 2 is 2.35 bits per heavy atom. The van der Waals surface area contributed by atoms with Gasteiger partial charge in [-0.2, -0.15) is 0 Å². The SMILES string of the molecule is O=[N+]([O-])c1cnccc1NCCOCC(F)F. The van der Waals surface area contributed by atoms with Crippen molar-refractivity contribution >= 4 is 11.4 Å². The molecule has 0 unspecified atom stereocenters. The van der Waals surface area contributed by atoms with Crippen molar-refractivity contribution in [3.05, 3.63) is 28.6 Å². The number of halogens is 2. The van der Waals surface area contributed by atoms with E-state index in [0.717, 1.165) is 6.20 Å². The zero-order valence-corrected chi connectivity index (χ0v) is 8.81. The van der Waals surface area contributed by atoms with Crippen LogP contribution < -0.4 is 5.32 Å². The van der Waals surface area contributed by atoms with E-state index in [1.54, 1.807) is 0 Å². The topological polar surface area (TPSA) is 77.3 Å². The summed E-state index contributed by atoms with van der Waals surface area (Å²) in [7, 11) is 0. The minimum absolute atomic E-state index is 0.0455. The average molecular weight is 247 g/mol. The van der Waals surface area contributed by atoms with Gasteiger partial charge >= 0.3 is 5.69 Å². The van der Waals surface area contributed by atoms with Crippen molar-refractivity contribution in [1.82, 2.24) is 4.98 Å². The Labute approximate surface area is 95.8 Å². The largest absolute Gasteiger partial charge is 0.377 e. The Balaban J connectivity index is 2.39. The molecule has 0 aliphatic carbocycles. The van der Waals surface area contributed by atoms with Gasteiger partial charge in [-0.05, 0) is 6.07 Å². The zero-order valence-electron chi connectivity index (χ0n) is 8.81. The van der Waals surface area contributed by atoms with Crippen LogP contribution in [0.2, 0.25) is 0 Å². The molecule has 6 nitrogen and oxygen atoms in total. The Hall–Kier alpha value is -1.83. The van der Waals surface area contributed by atoms with Gasteiger partial charge in [-0.3, -0.25) is 15.1 Å². The molecule has 0 aromatic carbocycles. The summed E-state index contributed by atoms with van der Waals surface area (Å²) in [6.45, 7) is -0.387. The predicted octanol–water partition coefficient (Wildman–Crippen LogP) is 1.68. The molecule has 8 heteroatoms. The molecule has 0 saturated heterocycles. The predicted molar refractivity (Wildman–Crippen MR) is 56.2 cm³/mol. The van der Waals surface area contributed by atoms with Gasteiger partial charge in [0.1, 0.15) is 18.5 Å². The first-order chi connectivity index (χ1) is 8.11. The van der Waals surface area contributed by atoms with E-state index in [1.807, 2.05) is 0 Å². The summed E-state index contributed by atoms with van der Waals surface area (Å²) in [5.74, 6) is 0. The van der Waals surface area contributed by atoms with Crippen molar-refractivity contribution in [2.45, 2.75) is 6.43 Å². The van der Waals surface area contributed by atoms with E-state index in [2.05, 4.69) is 15.0 Å². The summed E-state index contributed by atoms with van der Waals surface area (Å²) in [6.07, 6.45) is 0.00258. The Bertz CT molecular complexity index is 376. The molecule has 0 aliphatic heterocycles. The number of nitrogens with one attached hydrogen (secondary N) is 1. The van der Waals surface area contributed by atoms with Gasteiger partial charge in [0.05, 0.1) is 11.5 Å². The number of ether oxygens (including phenoxy) is 1. The zero-order chi connectivity index (χ0) is 12.7. The van der Waals surface area contributed by atoms with E-state index < -0.39 is 18.0 Å². The lowest BCUT2D eigenvalue weighted by Gasteiger charge is -2.07. The molecule has 1 heterocycles. The summed E-state index contributed by atoms with van der Waals surface area (Å²) in [5.41, 5.74) is 0.118. The van der Waals surface area contributed by atoms with Crippen LogP contribution in [0, 0.1) is 10.1 Å². The van der Waals surface area contributed by atoms with Gasteiger partial charge in [-0.1, -0.05) is 0 Å². The molecule has 17 heavy (non-hydrogen) atoms. The fraction of sp³-hybridized carbons (Fsp3) is 0.444. The Morgan fingerprint density at radius 1 is 1.59 bits per heavy atom. The van der Waals surface area contributed by atoms with Crippen molar-refractivity contribution in [3.63, 3.8) is 0 Å². The summed E-state index contributed by atoms with van der Waals surface area (Å²) >= 11 is 0. The van der Waals surface area contributed by atoms with E-state index in [9.17, 15) is 18.9 Å². The van der Waals surface area contributed by atoms with Crippen molar-refractivity contribution in [1.29, 1.82) is 0 Å². The molecule has 1 N–H and O–H groups in total. The van der Waals surface area contributed by atoms with E-state index in [1.165, 1.54) is 12.3 Å². The van der Waals surface area contributed by atoms with Crippen LogP contribution in [0.4, 0.5) is 20.2 Å². The Kier molecular flexibility index (Phi) is 5.21. The number of anilines is 1. The normalized spacial score (nSPS) is 10.5. The van der Waals surface area contributed by atoms with Crippen molar-refractivity contribution in [3.8, 4) is 0 Å². The quantitative estimate of drug-likeness (QED) is 0.450.